The summed E-state index contributed by atoms with van der Waals surface area (Å²) in [5.41, 5.74) is 12.3. The van der Waals surface area contributed by atoms with Crippen LogP contribution in [0.15, 0.2) is 158 Å². The number of hydrogen-bond acceptors (Lipinski definition) is 2. The molecule has 0 bridgehead atoms. The van der Waals surface area contributed by atoms with Gasteiger partial charge >= 0.3 is 0 Å². The molecule has 0 saturated heterocycles. The van der Waals surface area contributed by atoms with Crippen LogP contribution >= 0.6 is 0 Å². The molecule has 0 spiro atoms. The van der Waals surface area contributed by atoms with Crippen LogP contribution in [-0.2, 0) is 0 Å². The standard InChI is InChI=1S/C41H35N2/c1-2-3-24-37-40-29-35(42(31-16-8-4-9-17-31)32-18-10-5-11-19-32)25-27-38(40)39-28-26-36(30-41(37)39)43(33-20-12-6-13-21-33)34-22-14-7-15-23-34/h4-23,25-30H,2-3,24H2,1H3/q+1. The Bertz CT molecular complexity index is 1590. The molecular formula is C41H35N2+. The van der Waals surface area contributed by atoms with Crippen LogP contribution in [0.1, 0.15) is 37.3 Å². The van der Waals surface area contributed by atoms with Gasteiger partial charge in [-0.25, -0.2) is 0 Å². The van der Waals surface area contributed by atoms with E-state index in [0.717, 1.165) is 42.0 Å². The van der Waals surface area contributed by atoms with Gasteiger partial charge in [0.25, 0.3) is 0 Å². The molecule has 2 heteroatoms. The largest absolute Gasteiger partial charge is 0.304 e. The van der Waals surface area contributed by atoms with Crippen molar-refractivity contribution in [1.82, 2.24) is 0 Å². The topological polar surface area (TPSA) is 6.48 Å². The summed E-state index contributed by atoms with van der Waals surface area (Å²) in [5, 5.41) is 0. The Balaban J connectivity index is 1.34. The summed E-state index contributed by atoms with van der Waals surface area (Å²) in [4.78, 5) is 4.72. The molecule has 0 aromatic heterocycles. The molecule has 0 unspecified atom stereocenters. The van der Waals surface area contributed by atoms with E-state index < -0.39 is 0 Å². The van der Waals surface area contributed by atoms with Crippen LogP contribution in [0.5, 0.6) is 0 Å². The van der Waals surface area contributed by atoms with Crippen molar-refractivity contribution in [2.24, 2.45) is 0 Å². The Labute approximate surface area is 255 Å². The second-order valence-electron chi connectivity index (χ2n) is 11.1. The molecule has 0 N–H and O–H groups in total. The fourth-order valence-electron chi connectivity index (χ4n) is 6.28. The summed E-state index contributed by atoms with van der Waals surface area (Å²) in [6, 6.07) is 56.7. The van der Waals surface area contributed by atoms with Gasteiger partial charge in [-0.3, -0.25) is 0 Å². The normalized spacial score (nSPS) is 11.6. The maximum Gasteiger partial charge on any atom is 0.0937 e. The molecule has 1 aliphatic rings. The van der Waals surface area contributed by atoms with E-state index in [0.29, 0.717) is 0 Å². The SMILES string of the molecule is CCCC[C+]1c2cc(N(c3ccccc3)c3ccccc3)ccc2-c2ccc(N(c3ccccc3)c3ccccc3)cc21. The molecule has 6 aromatic carbocycles. The predicted molar refractivity (Wildman–Crippen MR) is 182 cm³/mol. The van der Waals surface area contributed by atoms with E-state index in [1.54, 1.807) is 0 Å². The van der Waals surface area contributed by atoms with Gasteiger partial charge in [-0.15, -0.1) is 0 Å². The molecule has 7 rings (SSSR count). The first-order valence-electron chi connectivity index (χ1n) is 15.3. The Morgan fingerprint density at radius 3 is 1.09 bits per heavy atom. The molecule has 0 saturated carbocycles. The fourth-order valence-corrected chi connectivity index (χ4v) is 6.28. The fraction of sp³-hybridized carbons (Fsp3) is 0.0976. The second kappa shape index (κ2) is 12.0. The lowest BCUT2D eigenvalue weighted by Crippen LogP contribution is -2.11. The number of nitrogens with zero attached hydrogens (tertiary/aromatic N) is 2. The second-order valence-corrected chi connectivity index (χ2v) is 11.1. The zero-order chi connectivity index (χ0) is 29.0. The zero-order valence-electron chi connectivity index (χ0n) is 24.5. The van der Waals surface area contributed by atoms with Gasteiger partial charge in [0.1, 0.15) is 0 Å². The Morgan fingerprint density at radius 1 is 0.419 bits per heavy atom. The number of fused-ring (bicyclic) bond motifs is 3. The van der Waals surface area contributed by atoms with Gasteiger partial charge in [-0.05, 0) is 79.2 Å². The average molecular weight is 556 g/mol. The van der Waals surface area contributed by atoms with Crippen LogP contribution in [0.4, 0.5) is 34.1 Å². The van der Waals surface area contributed by atoms with Crippen LogP contribution in [0.2, 0.25) is 0 Å². The molecule has 1 aliphatic carbocycles. The third-order valence-corrected chi connectivity index (χ3v) is 8.30. The lowest BCUT2D eigenvalue weighted by atomic mass is 9.91. The van der Waals surface area contributed by atoms with Crippen LogP contribution in [0.3, 0.4) is 0 Å². The van der Waals surface area contributed by atoms with Crippen molar-refractivity contribution >= 4 is 34.1 Å². The maximum atomic E-state index is 2.41. The van der Waals surface area contributed by atoms with Crippen molar-refractivity contribution in [3.63, 3.8) is 0 Å². The lowest BCUT2D eigenvalue weighted by molar-refractivity contribution is 0.759. The van der Waals surface area contributed by atoms with Crippen molar-refractivity contribution in [2.75, 3.05) is 9.80 Å². The highest BCUT2D eigenvalue weighted by molar-refractivity contribution is 5.90. The molecule has 0 atom stereocenters. The van der Waals surface area contributed by atoms with Crippen LogP contribution in [0, 0.1) is 5.92 Å². The van der Waals surface area contributed by atoms with Gasteiger partial charge in [0, 0.05) is 47.2 Å². The minimum Gasteiger partial charge on any atom is -0.304 e. The number of benzene rings is 6. The molecule has 43 heavy (non-hydrogen) atoms. The van der Waals surface area contributed by atoms with Crippen molar-refractivity contribution in [2.45, 2.75) is 26.2 Å². The van der Waals surface area contributed by atoms with Gasteiger partial charge in [0.05, 0.1) is 33.6 Å². The third-order valence-electron chi connectivity index (χ3n) is 8.30. The molecule has 6 aromatic rings. The average Bonchev–Trinajstić information content (AvgIpc) is 3.38. The smallest absolute Gasteiger partial charge is 0.0937 e. The quantitative estimate of drug-likeness (QED) is 0.164. The van der Waals surface area contributed by atoms with Crippen molar-refractivity contribution in [1.29, 1.82) is 0 Å². The minimum atomic E-state index is 1.05. The molecule has 208 valence electrons. The number of para-hydroxylation sites is 4. The first-order valence-corrected chi connectivity index (χ1v) is 15.3. The van der Waals surface area contributed by atoms with Crippen LogP contribution in [-0.4, -0.2) is 0 Å². The van der Waals surface area contributed by atoms with Crippen LogP contribution < -0.4 is 9.80 Å². The van der Waals surface area contributed by atoms with Gasteiger partial charge in [0.2, 0.25) is 0 Å². The highest BCUT2D eigenvalue weighted by atomic mass is 15.1. The zero-order valence-corrected chi connectivity index (χ0v) is 24.5. The molecule has 0 fully saturated rings. The van der Waals surface area contributed by atoms with Gasteiger partial charge in [-0.2, -0.15) is 0 Å². The molecule has 0 heterocycles. The summed E-state index contributed by atoms with van der Waals surface area (Å²) in [7, 11) is 0. The van der Waals surface area contributed by atoms with E-state index in [2.05, 4.69) is 174 Å². The first kappa shape index (κ1) is 26.7. The Morgan fingerprint density at radius 2 is 0.767 bits per heavy atom. The number of rotatable bonds is 9. The highest BCUT2D eigenvalue weighted by Gasteiger charge is 2.37. The van der Waals surface area contributed by atoms with E-state index in [9.17, 15) is 0 Å². The van der Waals surface area contributed by atoms with Crippen LogP contribution in [0.25, 0.3) is 11.1 Å². The number of anilines is 6. The maximum absolute atomic E-state index is 2.41. The summed E-state index contributed by atoms with van der Waals surface area (Å²) >= 11 is 0. The van der Waals surface area contributed by atoms with Gasteiger partial charge in [0.15, 0.2) is 0 Å². The Kier molecular flexibility index (Phi) is 7.41. The molecule has 0 amide bonds. The van der Waals surface area contributed by atoms with Gasteiger partial charge in [-0.1, -0.05) is 86.1 Å². The van der Waals surface area contributed by atoms with E-state index in [1.807, 2.05) is 0 Å². The van der Waals surface area contributed by atoms with Gasteiger partial charge < -0.3 is 9.80 Å². The monoisotopic (exact) mass is 555 g/mol. The lowest BCUT2D eigenvalue weighted by Gasteiger charge is -2.25. The predicted octanol–water partition coefficient (Wildman–Crippen LogP) is 11.8. The Hall–Kier alpha value is -5.21. The summed E-state index contributed by atoms with van der Waals surface area (Å²) < 4.78 is 0. The number of unbranched alkanes of at least 4 members (excludes halogenated alkanes) is 1. The summed E-state index contributed by atoms with van der Waals surface area (Å²) in [5.74, 6) is 1.44. The summed E-state index contributed by atoms with van der Waals surface area (Å²) in [6.45, 7) is 2.28. The van der Waals surface area contributed by atoms with Crippen molar-refractivity contribution in [3.8, 4) is 11.1 Å². The molecular weight excluding hydrogens is 520 g/mol. The molecule has 0 radical (unpaired) electrons. The molecule has 0 aliphatic heterocycles. The first-order chi connectivity index (χ1) is 21.3. The van der Waals surface area contributed by atoms with E-state index in [-0.39, 0.29) is 0 Å². The van der Waals surface area contributed by atoms with E-state index in [1.165, 1.54) is 39.5 Å². The van der Waals surface area contributed by atoms with Crippen molar-refractivity contribution in [3.05, 3.63) is 175 Å². The third kappa shape index (κ3) is 5.17. The van der Waals surface area contributed by atoms with E-state index in [4.69, 9.17) is 0 Å². The number of hydrogen-bond donors (Lipinski definition) is 0. The minimum absolute atomic E-state index is 1.05. The highest BCUT2D eigenvalue weighted by Crippen LogP contribution is 2.50. The summed E-state index contributed by atoms with van der Waals surface area (Å²) in [6.07, 6.45) is 3.37. The van der Waals surface area contributed by atoms with Crippen molar-refractivity contribution < 1.29 is 0 Å². The molecule has 2 nitrogen and oxygen atoms in total. The van der Waals surface area contributed by atoms with E-state index >= 15 is 0 Å².